The van der Waals surface area contributed by atoms with Crippen LogP contribution >= 0.6 is 0 Å². The van der Waals surface area contributed by atoms with Crippen molar-refractivity contribution >= 4 is 0 Å². The molecular weight excluding hydrogens is 266 g/mol. The van der Waals surface area contributed by atoms with Gasteiger partial charge in [0.1, 0.15) is 0 Å². The molecule has 0 N–H and O–H groups in total. The Kier molecular flexibility index (Phi) is 5.29. The molecule has 0 spiro atoms. The van der Waals surface area contributed by atoms with Gasteiger partial charge in [0, 0.05) is 19.1 Å². The summed E-state index contributed by atoms with van der Waals surface area (Å²) >= 11 is 0. The summed E-state index contributed by atoms with van der Waals surface area (Å²) in [5.41, 5.74) is 2.86. The lowest BCUT2D eigenvalue weighted by Gasteiger charge is -2.33. The van der Waals surface area contributed by atoms with E-state index < -0.39 is 0 Å². The van der Waals surface area contributed by atoms with E-state index in [-0.39, 0.29) is 0 Å². The summed E-state index contributed by atoms with van der Waals surface area (Å²) in [5.74, 6) is 0.868. The first-order valence-corrected chi connectivity index (χ1v) is 8.68. The Morgan fingerprint density at radius 3 is 1.86 bits per heavy atom. The van der Waals surface area contributed by atoms with Crippen molar-refractivity contribution in [2.75, 3.05) is 0 Å². The third-order valence-electron chi connectivity index (χ3n) is 5.07. The van der Waals surface area contributed by atoms with E-state index in [9.17, 15) is 0 Å². The molecule has 0 radical (unpaired) electrons. The Morgan fingerprint density at radius 1 is 0.818 bits per heavy atom. The lowest BCUT2D eigenvalue weighted by atomic mass is 9.98. The van der Waals surface area contributed by atoms with E-state index in [0.717, 1.165) is 25.0 Å². The molecule has 2 aromatic carbocycles. The van der Waals surface area contributed by atoms with Gasteiger partial charge in [-0.05, 0) is 29.9 Å². The summed E-state index contributed by atoms with van der Waals surface area (Å²) < 4.78 is 0. The van der Waals surface area contributed by atoms with E-state index in [0.29, 0.717) is 0 Å². The molecule has 1 saturated carbocycles. The summed E-state index contributed by atoms with van der Waals surface area (Å²) in [6, 6.07) is 22.6. The number of hydrogen-bond donors (Lipinski definition) is 0. The molecule has 0 bridgehead atoms. The van der Waals surface area contributed by atoms with Gasteiger partial charge in [-0.1, -0.05) is 80.4 Å². The SMILES string of the molecule is CCC1CCCC1N(Cc1ccccc1)Cc1ccccc1. The van der Waals surface area contributed by atoms with Gasteiger partial charge in [0.25, 0.3) is 0 Å². The summed E-state index contributed by atoms with van der Waals surface area (Å²) in [6.07, 6.45) is 5.47. The number of nitrogens with zero attached hydrogens (tertiary/aromatic N) is 1. The maximum absolute atomic E-state index is 2.71. The molecule has 116 valence electrons. The van der Waals surface area contributed by atoms with Gasteiger partial charge >= 0.3 is 0 Å². The van der Waals surface area contributed by atoms with Gasteiger partial charge in [0.2, 0.25) is 0 Å². The van der Waals surface area contributed by atoms with Gasteiger partial charge in [-0.2, -0.15) is 0 Å². The Balaban J connectivity index is 1.78. The molecular formula is C21H27N. The second-order valence-corrected chi connectivity index (χ2v) is 6.54. The van der Waals surface area contributed by atoms with Crippen molar-refractivity contribution in [2.24, 2.45) is 5.92 Å². The van der Waals surface area contributed by atoms with E-state index in [4.69, 9.17) is 0 Å². The van der Waals surface area contributed by atoms with Crippen molar-refractivity contribution in [1.82, 2.24) is 4.90 Å². The van der Waals surface area contributed by atoms with Crippen LogP contribution in [0.2, 0.25) is 0 Å². The fourth-order valence-electron chi connectivity index (χ4n) is 3.90. The molecule has 0 heterocycles. The molecule has 0 saturated heterocycles. The molecule has 3 rings (SSSR count). The third kappa shape index (κ3) is 3.78. The van der Waals surface area contributed by atoms with Crippen molar-refractivity contribution < 1.29 is 0 Å². The molecule has 1 fully saturated rings. The van der Waals surface area contributed by atoms with E-state index in [1.165, 1.54) is 36.8 Å². The zero-order valence-electron chi connectivity index (χ0n) is 13.6. The minimum Gasteiger partial charge on any atom is -0.292 e. The number of hydrogen-bond acceptors (Lipinski definition) is 1. The first-order valence-electron chi connectivity index (χ1n) is 8.68. The molecule has 1 heteroatoms. The Bertz CT molecular complexity index is 507. The van der Waals surface area contributed by atoms with Gasteiger partial charge < -0.3 is 0 Å². The van der Waals surface area contributed by atoms with Crippen LogP contribution in [0.3, 0.4) is 0 Å². The molecule has 0 aromatic heterocycles. The highest BCUT2D eigenvalue weighted by molar-refractivity contribution is 5.17. The molecule has 2 atom stereocenters. The van der Waals surface area contributed by atoms with E-state index in [1.807, 2.05) is 0 Å². The largest absolute Gasteiger partial charge is 0.292 e. The van der Waals surface area contributed by atoms with Crippen LogP contribution in [0.15, 0.2) is 60.7 Å². The van der Waals surface area contributed by atoms with Crippen molar-refractivity contribution in [3.63, 3.8) is 0 Å². The fourth-order valence-corrected chi connectivity index (χ4v) is 3.90. The first kappa shape index (κ1) is 15.3. The maximum Gasteiger partial charge on any atom is 0.0240 e. The van der Waals surface area contributed by atoms with Gasteiger partial charge in [-0.3, -0.25) is 4.90 Å². The van der Waals surface area contributed by atoms with E-state index >= 15 is 0 Å². The minimum absolute atomic E-state index is 0.741. The fraction of sp³-hybridized carbons (Fsp3) is 0.429. The zero-order valence-corrected chi connectivity index (χ0v) is 13.6. The molecule has 22 heavy (non-hydrogen) atoms. The summed E-state index contributed by atoms with van der Waals surface area (Å²) in [7, 11) is 0. The van der Waals surface area contributed by atoms with Gasteiger partial charge in [0.15, 0.2) is 0 Å². The smallest absolute Gasteiger partial charge is 0.0240 e. The standard InChI is InChI=1S/C21H27N/c1-2-20-14-9-15-21(20)22(16-18-10-5-3-6-11-18)17-19-12-7-4-8-13-19/h3-8,10-13,20-21H,2,9,14-17H2,1H3. The Morgan fingerprint density at radius 2 is 1.36 bits per heavy atom. The van der Waals surface area contributed by atoms with Crippen molar-refractivity contribution in [2.45, 2.75) is 51.7 Å². The Labute approximate surface area is 135 Å². The zero-order chi connectivity index (χ0) is 15.2. The van der Waals surface area contributed by atoms with Crippen LogP contribution in [0, 0.1) is 5.92 Å². The van der Waals surface area contributed by atoms with Crippen LogP contribution in [0.1, 0.15) is 43.7 Å². The van der Waals surface area contributed by atoms with Gasteiger partial charge in [0.05, 0.1) is 0 Å². The van der Waals surface area contributed by atoms with Crippen LogP contribution in [0.5, 0.6) is 0 Å². The topological polar surface area (TPSA) is 3.24 Å². The van der Waals surface area contributed by atoms with Gasteiger partial charge in [-0.25, -0.2) is 0 Å². The van der Waals surface area contributed by atoms with Crippen LogP contribution in [-0.4, -0.2) is 10.9 Å². The van der Waals surface area contributed by atoms with Crippen LogP contribution < -0.4 is 0 Å². The normalized spacial score (nSPS) is 21.4. The molecule has 2 unspecified atom stereocenters. The van der Waals surface area contributed by atoms with Crippen LogP contribution in [0.4, 0.5) is 0 Å². The summed E-state index contributed by atoms with van der Waals surface area (Å²) in [5, 5.41) is 0. The second kappa shape index (κ2) is 7.60. The maximum atomic E-state index is 2.71. The minimum atomic E-state index is 0.741. The second-order valence-electron chi connectivity index (χ2n) is 6.54. The molecule has 1 aliphatic rings. The molecule has 1 aliphatic carbocycles. The summed E-state index contributed by atoms with van der Waals surface area (Å²) in [6.45, 7) is 4.49. The highest BCUT2D eigenvalue weighted by Crippen LogP contribution is 2.33. The van der Waals surface area contributed by atoms with Crippen LogP contribution in [-0.2, 0) is 13.1 Å². The van der Waals surface area contributed by atoms with Crippen molar-refractivity contribution in [1.29, 1.82) is 0 Å². The molecule has 0 aliphatic heterocycles. The predicted molar refractivity (Wildman–Crippen MR) is 93.6 cm³/mol. The third-order valence-corrected chi connectivity index (χ3v) is 5.07. The molecule has 2 aromatic rings. The number of benzene rings is 2. The first-order chi connectivity index (χ1) is 10.9. The van der Waals surface area contributed by atoms with Crippen molar-refractivity contribution in [3.05, 3.63) is 71.8 Å². The Hall–Kier alpha value is -1.60. The number of rotatable bonds is 6. The average Bonchev–Trinajstić information content (AvgIpc) is 3.05. The van der Waals surface area contributed by atoms with Crippen molar-refractivity contribution in [3.8, 4) is 0 Å². The monoisotopic (exact) mass is 293 g/mol. The quantitative estimate of drug-likeness (QED) is 0.701. The highest BCUT2D eigenvalue weighted by atomic mass is 15.2. The molecule has 0 amide bonds. The van der Waals surface area contributed by atoms with E-state index in [1.54, 1.807) is 0 Å². The van der Waals surface area contributed by atoms with E-state index in [2.05, 4.69) is 72.5 Å². The van der Waals surface area contributed by atoms with Gasteiger partial charge in [-0.15, -0.1) is 0 Å². The lowest BCUT2D eigenvalue weighted by Crippen LogP contribution is -2.36. The predicted octanol–water partition coefficient (Wildman–Crippen LogP) is 5.27. The summed E-state index contributed by atoms with van der Waals surface area (Å²) in [4.78, 5) is 2.71. The molecule has 1 nitrogen and oxygen atoms in total. The van der Waals surface area contributed by atoms with Crippen LogP contribution in [0.25, 0.3) is 0 Å². The average molecular weight is 293 g/mol. The lowest BCUT2D eigenvalue weighted by molar-refractivity contribution is 0.140. The highest BCUT2D eigenvalue weighted by Gasteiger charge is 2.30.